The predicted octanol–water partition coefficient (Wildman–Crippen LogP) is 4.05. The van der Waals surface area contributed by atoms with Crippen LogP contribution in [0, 0.1) is 17.0 Å². The second-order valence-corrected chi connectivity index (χ2v) is 7.03. The molecule has 0 saturated carbocycles. The topological polar surface area (TPSA) is 121 Å². The maximum atomic E-state index is 13.8. The number of anilines is 3. The summed E-state index contributed by atoms with van der Waals surface area (Å²) in [7, 11) is 0. The number of nitrogens with one attached hydrogen (secondary N) is 2. The summed E-state index contributed by atoms with van der Waals surface area (Å²) in [5.41, 5.74) is 12.0. The Hall–Kier alpha value is -3.10. The second-order valence-electron chi connectivity index (χ2n) is 7.03. The molecule has 6 nitrogen and oxygen atoms in total. The zero-order valence-electron chi connectivity index (χ0n) is 17.1. The van der Waals surface area contributed by atoms with Gasteiger partial charge in [-0.25, -0.2) is 13.8 Å². The van der Waals surface area contributed by atoms with Crippen molar-refractivity contribution < 1.29 is 13.9 Å². The summed E-state index contributed by atoms with van der Waals surface area (Å²) in [5, 5.41) is 21.8. The summed E-state index contributed by atoms with van der Waals surface area (Å²) in [6.07, 6.45) is 2.45. The largest absolute Gasteiger partial charge is 0.385 e. The minimum atomic E-state index is -1.13. The molecule has 160 valence electrons. The molecular weight excluding hydrogens is 388 g/mol. The molecule has 0 spiro atoms. The van der Waals surface area contributed by atoms with Crippen LogP contribution in [0.2, 0.25) is 0 Å². The number of aromatic nitrogens is 1. The van der Waals surface area contributed by atoms with Gasteiger partial charge in [-0.1, -0.05) is 19.6 Å². The Morgan fingerprint density at radius 2 is 2.03 bits per heavy atom. The maximum Gasteiger partial charge on any atom is 0.149 e. The lowest BCUT2D eigenvalue weighted by atomic mass is 9.86. The van der Waals surface area contributed by atoms with Crippen molar-refractivity contribution in [1.82, 2.24) is 4.98 Å². The van der Waals surface area contributed by atoms with E-state index < -0.39 is 17.2 Å². The molecule has 0 bridgehead atoms. The molecule has 0 radical (unpaired) electrons. The van der Waals surface area contributed by atoms with E-state index in [1.807, 2.05) is 6.92 Å². The maximum absolute atomic E-state index is 13.8. The van der Waals surface area contributed by atoms with Crippen molar-refractivity contribution in [3.63, 3.8) is 0 Å². The van der Waals surface area contributed by atoms with Gasteiger partial charge in [0.05, 0.1) is 17.0 Å². The fourth-order valence-electron chi connectivity index (χ4n) is 2.97. The van der Waals surface area contributed by atoms with Gasteiger partial charge >= 0.3 is 0 Å². The fourth-order valence-corrected chi connectivity index (χ4v) is 2.97. The van der Waals surface area contributed by atoms with Gasteiger partial charge in [0.15, 0.2) is 0 Å². The first kappa shape index (κ1) is 23.2. The van der Waals surface area contributed by atoms with E-state index in [2.05, 4.69) is 16.9 Å². The molecule has 0 saturated heterocycles. The number of aliphatic hydroxyl groups is 1. The van der Waals surface area contributed by atoms with Crippen molar-refractivity contribution >= 4 is 23.0 Å². The molecule has 1 atom stereocenters. The van der Waals surface area contributed by atoms with Gasteiger partial charge < -0.3 is 21.9 Å². The Bertz CT molecular complexity index is 989. The molecule has 2 rings (SSSR count). The molecule has 0 amide bonds. The number of pyridine rings is 1. The molecule has 1 heterocycles. The van der Waals surface area contributed by atoms with Crippen LogP contribution in [0.5, 0.6) is 0 Å². The van der Waals surface area contributed by atoms with Gasteiger partial charge in [-0.05, 0) is 61.7 Å². The van der Waals surface area contributed by atoms with Gasteiger partial charge in [-0.2, -0.15) is 0 Å². The SMILES string of the molecule is C=C(/C=C(\C)C(=N)c1ccc(Nc2ccc(F)cc2F)nc1N)C(O)(CC)CCN. The summed E-state index contributed by atoms with van der Waals surface area (Å²) in [6.45, 7) is 7.80. The molecule has 1 aromatic heterocycles. The van der Waals surface area contributed by atoms with Crippen LogP contribution in [0.3, 0.4) is 0 Å². The molecule has 0 aliphatic rings. The molecular formula is C22H27F2N5O. The number of allylic oxidation sites excluding steroid dienone is 1. The lowest BCUT2D eigenvalue weighted by molar-refractivity contribution is 0.0715. The Balaban J connectivity index is 2.23. The summed E-state index contributed by atoms with van der Waals surface area (Å²) < 4.78 is 26.8. The highest BCUT2D eigenvalue weighted by Gasteiger charge is 2.26. The van der Waals surface area contributed by atoms with Gasteiger partial charge in [0, 0.05) is 11.6 Å². The van der Waals surface area contributed by atoms with Crippen molar-refractivity contribution in [3.8, 4) is 0 Å². The van der Waals surface area contributed by atoms with Crippen molar-refractivity contribution in [1.29, 1.82) is 5.41 Å². The first-order valence-electron chi connectivity index (χ1n) is 9.49. The van der Waals surface area contributed by atoms with Crippen LogP contribution in [0.1, 0.15) is 32.3 Å². The normalized spacial score (nSPS) is 13.6. The highest BCUT2D eigenvalue weighted by Crippen LogP contribution is 2.27. The highest BCUT2D eigenvalue weighted by molar-refractivity contribution is 6.13. The van der Waals surface area contributed by atoms with Gasteiger partial charge in [-0.3, -0.25) is 5.41 Å². The molecule has 2 aromatic rings. The number of rotatable bonds is 9. The smallest absolute Gasteiger partial charge is 0.149 e. The van der Waals surface area contributed by atoms with E-state index in [0.29, 0.717) is 36.1 Å². The molecule has 8 heteroatoms. The molecule has 1 unspecified atom stereocenters. The number of hydrogen-bond acceptors (Lipinski definition) is 6. The van der Waals surface area contributed by atoms with Crippen LogP contribution < -0.4 is 16.8 Å². The molecule has 0 aliphatic heterocycles. The molecule has 0 fully saturated rings. The lowest BCUT2D eigenvalue weighted by Crippen LogP contribution is -2.32. The van der Waals surface area contributed by atoms with Crippen LogP contribution >= 0.6 is 0 Å². The minimum absolute atomic E-state index is 0.0530. The Morgan fingerprint density at radius 1 is 1.33 bits per heavy atom. The zero-order valence-corrected chi connectivity index (χ0v) is 17.1. The Labute approximate surface area is 174 Å². The molecule has 30 heavy (non-hydrogen) atoms. The van der Waals surface area contributed by atoms with Gasteiger partial charge in [-0.15, -0.1) is 0 Å². The average molecular weight is 415 g/mol. The van der Waals surface area contributed by atoms with Crippen LogP contribution in [-0.4, -0.2) is 27.9 Å². The number of nitrogens with two attached hydrogens (primary N) is 2. The average Bonchev–Trinajstić information content (AvgIpc) is 2.69. The van der Waals surface area contributed by atoms with Crippen molar-refractivity contribution in [2.45, 2.75) is 32.3 Å². The van der Waals surface area contributed by atoms with Crippen LogP contribution in [-0.2, 0) is 0 Å². The standard InChI is InChI=1S/C22H27F2N5O/c1-4-22(30,9-10-25)14(3)11-13(2)20(26)16-6-8-19(29-21(16)27)28-18-7-5-15(23)12-17(18)24/h5-8,11-12,26,30H,3-4,9-10,25H2,1-2H3,(H3,27,28,29)/b13-11+,26-20?. The Morgan fingerprint density at radius 3 is 2.60 bits per heavy atom. The lowest BCUT2D eigenvalue weighted by Gasteiger charge is -2.27. The van der Waals surface area contributed by atoms with E-state index in [9.17, 15) is 13.9 Å². The van der Waals surface area contributed by atoms with E-state index in [-0.39, 0.29) is 23.0 Å². The van der Waals surface area contributed by atoms with Crippen molar-refractivity contribution in [2.24, 2.45) is 5.73 Å². The van der Waals surface area contributed by atoms with Crippen LogP contribution in [0.25, 0.3) is 0 Å². The van der Waals surface area contributed by atoms with Crippen molar-refractivity contribution in [3.05, 3.63) is 71.3 Å². The van der Waals surface area contributed by atoms with E-state index >= 15 is 0 Å². The highest BCUT2D eigenvalue weighted by atomic mass is 19.1. The monoisotopic (exact) mass is 415 g/mol. The van der Waals surface area contributed by atoms with Crippen LogP contribution in [0.4, 0.5) is 26.1 Å². The second kappa shape index (κ2) is 9.60. The van der Waals surface area contributed by atoms with Gasteiger partial charge in [0.1, 0.15) is 23.3 Å². The fraction of sp³-hybridized carbons (Fsp3) is 0.273. The summed E-state index contributed by atoms with van der Waals surface area (Å²) >= 11 is 0. The minimum Gasteiger partial charge on any atom is -0.385 e. The third-order valence-electron chi connectivity index (χ3n) is 4.91. The predicted molar refractivity (Wildman–Crippen MR) is 117 cm³/mol. The number of benzene rings is 1. The summed E-state index contributed by atoms with van der Waals surface area (Å²) in [6, 6.07) is 6.27. The van der Waals surface area contributed by atoms with Crippen molar-refractivity contribution in [2.75, 3.05) is 17.6 Å². The van der Waals surface area contributed by atoms with Gasteiger partial charge in [0.2, 0.25) is 0 Å². The number of nitrogen functional groups attached to an aromatic ring is 1. The first-order valence-corrected chi connectivity index (χ1v) is 9.49. The Kier molecular flexibility index (Phi) is 7.42. The van der Waals surface area contributed by atoms with Crippen LogP contribution in [0.15, 0.2) is 54.1 Å². The van der Waals surface area contributed by atoms with E-state index in [4.69, 9.17) is 16.9 Å². The first-order chi connectivity index (χ1) is 14.1. The van der Waals surface area contributed by atoms with E-state index in [1.54, 1.807) is 25.1 Å². The van der Waals surface area contributed by atoms with E-state index in [1.165, 1.54) is 6.07 Å². The third kappa shape index (κ3) is 5.28. The number of hydrogen-bond donors (Lipinski definition) is 5. The quantitative estimate of drug-likeness (QED) is 0.313. The molecule has 7 N–H and O–H groups in total. The third-order valence-corrected chi connectivity index (χ3v) is 4.91. The van der Waals surface area contributed by atoms with Gasteiger partial charge in [0.25, 0.3) is 0 Å². The van der Waals surface area contributed by atoms with E-state index in [0.717, 1.165) is 12.1 Å². The molecule has 0 aliphatic carbocycles. The number of nitrogens with zero attached hydrogens (tertiary/aromatic N) is 1. The zero-order chi connectivity index (χ0) is 22.5. The number of halogens is 2. The summed E-state index contributed by atoms with van der Waals surface area (Å²) in [4.78, 5) is 4.16. The summed E-state index contributed by atoms with van der Waals surface area (Å²) in [5.74, 6) is -1.12. The molecule has 1 aromatic carbocycles.